The first-order valence-electron chi connectivity index (χ1n) is 7.21. The molecule has 1 aliphatic heterocycles. The van der Waals surface area contributed by atoms with Crippen molar-refractivity contribution in [3.63, 3.8) is 0 Å². The number of nitrogens with one attached hydrogen (secondary N) is 2. The summed E-state index contributed by atoms with van der Waals surface area (Å²) < 4.78 is 0. The zero-order valence-corrected chi connectivity index (χ0v) is 12.9. The minimum absolute atomic E-state index is 0.0444. The highest BCUT2D eigenvalue weighted by molar-refractivity contribution is 6.31. The second kappa shape index (κ2) is 6.40. The second-order valence-electron chi connectivity index (χ2n) is 5.33. The number of anilines is 2. The van der Waals surface area contributed by atoms with E-state index in [0.29, 0.717) is 34.8 Å². The van der Waals surface area contributed by atoms with Crippen LogP contribution >= 0.6 is 11.6 Å². The third-order valence-electron chi connectivity index (χ3n) is 3.72. The molecule has 0 saturated heterocycles. The number of carbonyl (C=O) groups excluding carboxylic acids is 2. The summed E-state index contributed by atoms with van der Waals surface area (Å²) in [5.41, 5.74) is 2.56. The average Bonchev–Trinajstić information content (AvgIpc) is 2.54. The molecule has 0 unspecified atom stereocenters. The van der Waals surface area contributed by atoms with Crippen LogP contribution in [-0.2, 0) is 16.0 Å². The molecule has 0 saturated carbocycles. The molecular weight excluding hydrogens is 316 g/mol. The van der Waals surface area contributed by atoms with E-state index in [1.807, 2.05) is 6.07 Å². The molecule has 2 aromatic carbocycles. The van der Waals surface area contributed by atoms with Gasteiger partial charge in [-0.1, -0.05) is 35.9 Å². The Hall–Kier alpha value is -2.37. The number of aryl methyl sites for hydroxylation is 1. The summed E-state index contributed by atoms with van der Waals surface area (Å²) in [6, 6.07) is 11.9. The molecule has 5 nitrogen and oxygen atoms in total. The molecule has 1 aliphatic rings. The number of benzene rings is 2. The molecule has 3 N–H and O–H groups in total. The Balaban J connectivity index is 1.77. The van der Waals surface area contributed by atoms with Gasteiger partial charge in [0.25, 0.3) is 5.91 Å². The molecule has 2 amide bonds. The first kappa shape index (κ1) is 15.5. The monoisotopic (exact) mass is 330 g/mol. The highest BCUT2D eigenvalue weighted by Gasteiger charge is 2.21. The van der Waals surface area contributed by atoms with Crippen molar-refractivity contribution in [2.24, 2.45) is 0 Å². The van der Waals surface area contributed by atoms with Crippen molar-refractivity contribution in [2.45, 2.75) is 18.9 Å². The maximum absolute atomic E-state index is 12.2. The predicted octanol–water partition coefficient (Wildman–Crippen LogP) is 2.90. The van der Waals surface area contributed by atoms with E-state index in [9.17, 15) is 14.7 Å². The van der Waals surface area contributed by atoms with Gasteiger partial charge in [0.15, 0.2) is 6.10 Å². The molecular formula is C17H15ClN2O3. The fourth-order valence-corrected chi connectivity index (χ4v) is 2.74. The van der Waals surface area contributed by atoms with Crippen molar-refractivity contribution in [2.75, 3.05) is 10.6 Å². The molecule has 1 atom stereocenters. The summed E-state index contributed by atoms with van der Waals surface area (Å²) >= 11 is 5.99. The standard InChI is InChI=1S/C17H15ClN2O3/c18-13-4-2-1-3-12(13)16(22)17(23)19-11-7-5-10-6-8-15(21)20-14(10)9-11/h1-5,7,9,16,22H,6,8H2,(H,19,23)(H,20,21)/t16-/m1/s1. The summed E-state index contributed by atoms with van der Waals surface area (Å²) in [5.74, 6) is -0.628. The van der Waals surface area contributed by atoms with Gasteiger partial charge in [-0.2, -0.15) is 0 Å². The van der Waals surface area contributed by atoms with Crippen molar-refractivity contribution >= 4 is 34.8 Å². The molecule has 0 aromatic heterocycles. The zero-order valence-electron chi connectivity index (χ0n) is 12.2. The van der Waals surface area contributed by atoms with Gasteiger partial charge in [-0.15, -0.1) is 0 Å². The van der Waals surface area contributed by atoms with E-state index >= 15 is 0 Å². The van der Waals surface area contributed by atoms with Gasteiger partial charge in [0.05, 0.1) is 0 Å². The largest absolute Gasteiger partial charge is 0.378 e. The first-order valence-corrected chi connectivity index (χ1v) is 7.58. The molecule has 1 heterocycles. The number of amides is 2. The van der Waals surface area contributed by atoms with Gasteiger partial charge in [-0.3, -0.25) is 9.59 Å². The van der Waals surface area contributed by atoms with Gasteiger partial charge in [-0.05, 0) is 30.2 Å². The van der Waals surface area contributed by atoms with E-state index in [2.05, 4.69) is 10.6 Å². The molecule has 6 heteroatoms. The smallest absolute Gasteiger partial charge is 0.257 e. The molecule has 0 spiro atoms. The van der Waals surface area contributed by atoms with Crippen LogP contribution in [0.5, 0.6) is 0 Å². The highest BCUT2D eigenvalue weighted by Crippen LogP contribution is 2.27. The Morgan fingerprint density at radius 3 is 2.78 bits per heavy atom. The SMILES string of the molecule is O=C1CCc2ccc(NC(=O)[C@H](O)c3ccccc3Cl)cc2N1. The molecule has 23 heavy (non-hydrogen) atoms. The van der Waals surface area contributed by atoms with E-state index in [-0.39, 0.29) is 5.91 Å². The molecule has 118 valence electrons. The van der Waals surface area contributed by atoms with Crippen molar-refractivity contribution in [1.82, 2.24) is 0 Å². The maximum atomic E-state index is 12.2. The number of carbonyl (C=O) groups is 2. The third kappa shape index (κ3) is 3.36. The summed E-state index contributed by atoms with van der Waals surface area (Å²) in [6.45, 7) is 0. The Labute approximate surface area is 138 Å². The van der Waals surface area contributed by atoms with Gasteiger partial charge < -0.3 is 15.7 Å². The summed E-state index contributed by atoms with van der Waals surface area (Å²) in [4.78, 5) is 23.6. The fourth-order valence-electron chi connectivity index (χ4n) is 2.50. The van der Waals surface area contributed by atoms with Crippen LogP contribution in [0.1, 0.15) is 23.7 Å². The molecule has 3 rings (SSSR count). The Morgan fingerprint density at radius 2 is 2.00 bits per heavy atom. The van der Waals surface area contributed by atoms with Crippen molar-refractivity contribution < 1.29 is 14.7 Å². The Kier molecular flexibility index (Phi) is 4.32. The van der Waals surface area contributed by atoms with Crippen molar-refractivity contribution in [3.05, 3.63) is 58.6 Å². The lowest BCUT2D eigenvalue weighted by Crippen LogP contribution is -2.22. The number of halogens is 1. The van der Waals surface area contributed by atoms with Crippen molar-refractivity contribution in [1.29, 1.82) is 0 Å². The Morgan fingerprint density at radius 1 is 1.22 bits per heavy atom. The number of rotatable bonds is 3. The number of hydrogen-bond donors (Lipinski definition) is 3. The number of aliphatic hydroxyl groups is 1. The first-order chi connectivity index (χ1) is 11.0. The van der Waals surface area contributed by atoms with Crippen LogP contribution in [0.4, 0.5) is 11.4 Å². The van der Waals surface area contributed by atoms with Gasteiger partial charge in [0, 0.05) is 28.4 Å². The molecule has 0 bridgehead atoms. The lowest BCUT2D eigenvalue weighted by molar-refractivity contribution is -0.124. The van der Waals surface area contributed by atoms with Gasteiger partial charge >= 0.3 is 0 Å². The van der Waals surface area contributed by atoms with E-state index in [0.717, 1.165) is 5.56 Å². The predicted molar refractivity (Wildman–Crippen MR) is 88.4 cm³/mol. The van der Waals surface area contributed by atoms with Crippen LogP contribution in [-0.4, -0.2) is 16.9 Å². The quantitative estimate of drug-likeness (QED) is 0.809. The third-order valence-corrected chi connectivity index (χ3v) is 4.07. The highest BCUT2D eigenvalue weighted by atomic mass is 35.5. The Bertz CT molecular complexity index is 776. The van der Waals surface area contributed by atoms with E-state index in [1.54, 1.807) is 36.4 Å². The summed E-state index contributed by atoms with van der Waals surface area (Å²) in [6.07, 6.45) is -0.226. The van der Waals surface area contributed by atoms with Gasteiger partial charge in [0.2, 0.25) is 5.91 Å². The summed E-state index contributed by atoms with van der Waals surface area (Å²) in [7, 11) is 0. The molecule has 2 aromatic rings. The summed E-state index contributed by atoms with van der Waals surface area (Å²) in [5, 5.41) is 15.9. The topological polar surface area (TPSA) is 78.4 Å². The van der Waals surface area contributed by atoms with Gasteiger partial charge in [-0.25, -0.2) is 0 Å². The fraction of sp³-hybridized carbons (Fsp3) is 0.176. The lowest BCUT2D eigenvalue weighted by atomic mass is 10.0. The van der Waals surface area contributed by atoms with Crippen LogP contribution in [0, 0.1) is 0 Å². The second-order valence-corrected chi connectivity index (χ2v) is 5.74. The molecule has 0 radical (unpaired) electrons. The normalized spacial score (nSPS) is 14.6. The zero-order chi connectivity index (χ0) is 16.4. The van der Waals surface area contributed by atoms with Crippen LogP contribution in [0.25, 0.3) is 0 Å². The maximum Gasteiger partial charge on any atom is 0.257 e. The van der Waals surface area contributed by atoms with Gasteiger partial charge in [0.1, 0.15) is 0 Å². The number of hydrogen-bond acceptors (Lipinski definition) is 3. The van der Waals surface area contributed by atoms with Crippen LogP contribution < -0.4 is 10.6 Å². The lowest BCUT2D eigenvalue weighted by Gasteiger charge is -2.18. The number of aliphatic hydroxyl groups excluding tert-OH is 1. The van der Waals surface area contributed by atoms with Crippen LogP contribution in [0.15, 0.2) is 42.5 Å². The molecule has 0 fully saturated rings. The van der Waals surface area contributed by atoms with Crippen LogP contribution in [0.3, 0.4) is 0 Å². The van der Waals surface area contributed by atoms with E-state index in [1.165, 1.54) is 0 Å². The number of fused-ring (bicyclic) bond motifs is 1. The minimum Gasteiger partial charge on any atom is -0.378 e. The van der Waals surface area contributed by atoms with Crippen molar-refractivity contribution in [3.8, 4) is 0 Å². The van der Waals surface area contributed by atoms with E-state index in [4.69, 9.17) is 11.6 Å². The minimum atomic E-state index is -1.37. The average molecular weight is 331 g/mol. The van der Waals surface area contributed by atoms with E-state index < -0.39 is 12.0 Å². The van der Waals surface area contributed by atoms with Crippen LogP contribution in [0.2, 0.25) is 5.02 Å². The molecule has 0 aliphatic carbocycles.